The minimum atomic E-state index is -4.55. The van der Waals surface area contributed by atoms with Crippen molar-refractivity contribution in [3.63, 3.8) is 0 Å². The van der Waals surface area contributed by atoms with Crippen molar-refractivity contribution in [3.8, 4) is 0 Å². The van der Waals surface area contributed by atoms with Crippen LogP contribution in [0.25, 0.3) is 11.0 Å². The number of nitrogens with zero attached hydrogens (tertiary/aromatic N) is 1. The van der Waals surface area contributed by atoms with E-state index in [-0.39, 0.29) is 28.6 Å². The highest BCUT2D eigenvalue weighted by Gasteiger charge is 2.35. The van der Waals surface area contributed by atoms with Crippen LogP contribution in [-0.4, -0.2) is 34.1 Å². The van der Waals surface area contributed by atoms with Gasteiger partial charge in [-0.1, -0.05) is 0 Å². The number of hydrogen-bond acceptors (Lipinski definition) is 3. The van der Waals surface area contributed by atoms with E-state index in [2.05, 4.69) is 15.3 Å². The molecule has 2 aromatic rings. The number of hydrogen-bond donors (Lipinski definition) is 2. The van der Waals surface area contributed by atoms with Crippen molar-refractivity contribution in [2.24, 2.45) is 0 Å². The van der Waals surface area contributed by atoms with Crippen LogP contribution in [0.4, 0.5) is 13.2 Å². The zero-order valence-electron chi connectivity index (χ0n) is 13.3. The van der Waals surface area contributed by atoms with Gasteiger partial charge in [-0.2, -0.15) is 13.2 Å². The fourth-order valence-corrected chi connectivity index (χ4v) is 2.91. The molecule has 0 aliphatic carbocycles. The van der Waals surface area contributed by atoms with Gasteiger partial charge in [0.1, 0.15) is 0 Å². The molecule has 1 aliphatic rings. The van der Waals surface area contributed by atoms with Crippen molar-refractivity contribution in [2.45, 2.75) is 44.5 Å². The quantitative estimate of drug-likeness (QED) is 0.881. The van der Waals surface area contributed by atoms with Gasteiger partial charge in [0.25, 0.3) is 5.91 Å². The minimum absolute atomic E-state index is 0.0237. The van der Waals surface area contributed by atoms with Gasteiger partial charge in [0.05, 0.1) is 16.6 Å². The summed E-state index contributed by atoms with van der Waals surface area (Å²) in [7, 11) is 0. The van der Waals surface area contributed by atoms with Crippen LogP contribution >= 0.6 is 0 Å². The fourth-order valence-electron chi connectivity index (χ4n) is 2.91. The zero-order chi connectivity index (χ0) is 17.5. The summed E-state index contributed by atoms with van der Waals surface area (Å²) in [5.41, 5.74) is 0.350. The third kappa shape index (κ3) is 3.53. The van der Waals surface area contributed by atoms with Gasteiger partial charge in [0, 0.05) is 18.2 Å². The van der Waals surface area contributed by atoms with E-state index in [1.807, 2.05) is 13.8 Å². The molecular formula is C16H18F3N3O2. The van der Waals surface area contributed by atoms with Crippen molar-refractivity contribution in [1.82, 2.24) is 15.3 Å². The van der Waals surface area contributed by atoms with Crippen LogP contribution in [0.3, 0.4) is 0 Å². The lowest BCUT2D eigenvalue weighted by atomic mass is 9.94. The number of benzene rings is 1. The molecule has 1 fully saturated rings. The summed E-state index contributed by atoms with van der Waals surface area (Å²) in [5.74, 6) is -1.39. The van der Waals surface area contributed by atoms with Gasteiger partial charge in [-0.3, -0.25) is 4.79 Å². The van der Waals surface area contributed by atoms with Crippen LogP contribution in [-0.2, 0) is 10.9 Å². The molecule has 1 amide bonds. The van der Waals surface area contributed by atoms with Gasteiger partial charge in [-0.25, -0.2) is 4.98 Å². The molecule has 1 aromatic heterocycles. The van der Waals surface area contributed by atoms with E-state index in [0.29, 0.717) is 25.0 Å². The first-order chi connectivity index (χ1) is 11.1. The first-order valence-corrected chi connectivity index (χ1v) is 7.66. The molecule has 1 aliphatic heterocycles. The maximum absolute atomic E-state index is 12.7. The summed E-state index contributed by atoms with van der Waals surface area (Å²) in [6.45, 7) is 4.48. The Labute approximate surface area is 136 Å². The lowest BCUT2D eigenvalue weighted by molar-refractivity contribution is -0.144. The Morgan fingerprint density at radius 1 is 1.42 bits per heavy atom. The molecule has 0 spiro atoms. The molecule has 2 heterocycles. The maximum Gasteiger partial charge on any atom is 0.449 e. The number of carbonyl (C=O) groups is 1. The van der Waals surface area contributed by atoms with Crippen LogP contribution in [0.15, 0.2) is 18.2 Å². The number of fused-ring (bicyclic) bond motifs is 1. The average Bonchev–Trinajstić information content (AvgIpc) is 2.89. The first kappa shape index (κ1) is 16.8. The van der Waals surface area contributed by atoms with Gasteiger partial charge in [0.2, 0.25) is 5.82 Å². The van der Waals surface area contributed by atoms with E-state index in [0.717, 1.165) is 0 Å². The van der Waals surface area contributed by atoms with Gasteiger partial charge < -0.3 is 15.0 Å². The molecular weight excluding hydrogens is 323 g/mol. The number of amides is 1. The van der Waals surface area contributed by atoms with Crippen LogP contribution in [0.2, 0.25) is 0 Å². The van der Waals surface area contributed by atoms with E-state index >= 15 is 0 Å². The molecule has 1 atom stereocenters. The number of imidazole rings is 1. The number of aromatic amines is 1. The summed E-state index contributed by atoms with van der Waals surface area (Å²) in [6, 6.07) is 4.24. The minimum Gasteiger partial charge on any atom is -0.375 e. The van der Waals surface area contributed by atoms with E-state index in [4.69, 9.17) is 4.74 Å². The highest BCUT2D eigenvalue weighted by Crippen LogP contribution is 2.29. The van der Waals surface area contributed by atoms with Crippen LogP contribution in [0, 0.1) is 0 Å². The third-order valence-electron chi connectivity index (χ3n) is 4.04. The number of ether oxygens (including phenoxy) is 1. The largest absolute Gasteiger partial charge is 0.449 e. The van der Waals surface area contributed by atoms with Crippen molar-refractivity contribution >= 4 is 16.9 Å². The van der Waals surface area contributed by atoms with Gasteiger partial charge in [0.15, 0.2) is 0 Å². The highest BCUT2D eigenvalue weighted by atomic mass is 19.4. The monoisotopic (exact) mass is 341 g/mol. The average molecular weight is 341 g/mol. The Bertz CT molecular complexity index is 768. The van der Waals surface area contributed by atoms with E-state index in [9.17, 15) is 18.0 Å². The van der Waals surface area contributed by atoms with Gasteiger partial charge >= 0.3 is 6.18 Å². The smallest absolute Gasteiger partial charge is 0.375 e. The predicted octanol–water partition coefficient (Wildman–Crippen LogP) is 3.27. The van der Waals surface area contributed by atoms with Gasteiger partial charge in [-0.05, 0) is 44.9 Å². The number of nitrogens with one attached hydrogen (secondary N) is 2. The number of alkyl halides is 3. The number of halogens is 3. The molecule has 0 bridgehead atoms. The van der Waals surface area contributed by atoms with Crippen LogP contribution in [0.5, 0.6) is 0 Å². The molecule has 1 aromatic carbocycles. The summed E-state index contributed by atoms with van der Waals surface area (Å²) >= 11 is 0. The molecule has 1 saturated heterocycles. The van der Waals surface area contributed by atoms with Crippen molar-refractivity contribution < 1.29 is 22.7 Å². The van der Waals surface area contributed by atoms with E-state index in [1.165, 1.54) is 18.2 Å². The lowest BCUT2D eigenvalue weighted by Gasteiger charge is -2.35. The van der Waals surface area contributed by atoms with Crippen LogP contribution < -0.4 is 5.32 Å². The van der Waals surface area contributed by atoms with Crippen LogP contribution in [0.1, 0.15) is 42.9 Å². The number of aromatic nitrogens is 2. The van der Waals surface area contributed by atoms with Gasteiger partial charge in [-0.15, -0.1) is 0 Å². The predicted molar refractivity (Wildman–Crippen MR) is 81.6 cm³/mol. The third-order valence-corrected chi connectivity index (χ3v) is 4.04. The molecule has 0 radical (unpaired) electrons. The van der Waals surface area contributed by atoms with Crippen molar-refractivity contribution in [1.29, 1.82) is 0 Å². The molecule has 3 rings (SSSR count). The lowest BCUT2D eigenvalue weighted by Crippen LogP contribution is -2.45. The number of carbonyl (C=O) groups excluding carboxylic acids is 1. The first-order valence-electron chi connectivity index (χ1n) is 7.66. The van der Waals surface area contributed by atoms with Crippen molar-refractivity contribution in [3.05, 3.63) is 29.6 Å². The highest BCUT2D eigenvalue weighted by molar-refractivity contribution is 5.97. The van der Waals surface area contributed by atoms with E-state index in [1.54, 1.807) is 0 Å². The summed E-state index contributed by atoms with van der Waals surface area (Å²) in [4.78, 5) is 18.1. The Morgan fingerprint density at radius 3 is 2.83 bits per heavy atom. The molecule has 0 saturated carbocycles. The zero-order valence-corrected chi connectivity index (χ0v) is 13.3. The standard InChI is InChI=1S/C16H18F3N3O2/c1-15(2)8-10(5-6-24-15)20-13(23)9-3-4-11-12(7-9)22-14(21-11)16(17,18)19/h3-4,7,10H,5-6,8H2,1-2H3,(H,20,23)(H,21,22). The number of rotatable bonds is 2. The topological polar surface area (TPSA) is 67.0 Å². The summed E-state index contributed by atoms with van der Waals surface area (Å²) in [5, 5.41) is 2.92. The molecule has 1 unspecified atom stereocenters. The SMILES string of the molecule is CC1(C)CC(NC(=O)c2ccc3nc(C(F)(F)F)[nH]c3c2)CCO1. The molecule has 5 nitrogen and oxygen atoms in total. The Morgan fingerprint density at radius 2 is 2.17 bits per heavy atom. The van der Waals surface area contributed by atoms with E-state index < -0.39 is 12.0 Å². The second-order valence-electron chi connectivity index (χ2n) is 6.59. The molecule has 24 heavy (non-hydrogen) atoms. The Balaban J connectivity index is 1.77. The molecule has 8 heteroatoms. The Hall–Kier alpha value is -2.09. The number of H-pyrrole nitrogens is 1. The summed E-state index contributed by atoms with van der Waals surface area (Å²) in [6.07, 6.45) is -3.15. The fraction of sp³-hybridized carbons (Fsp3) is 0.500. The normalized spacial score (nSPS) is 21.0. The molecule has 2 N–H and O–H groups in total. The molecule has 130 valence electrons. The van der Waals surface area contributed by atoms with Crippen molar-refractivity contribution in [2.75, 3.05) is 6.61 Å². The second kappa shape index (κ2) is 5.77. The Kier molecular flexibility index (Phi) is 4.03. The second-order valence-corrected chi connectivity index (χ2v) is 6.59. The maximum atomic E-state index is 12.7. The summed E-state index contributed by atoms with van der Waals surface area (Å²) < 4.78 is 43.7.